The van der Waals surface area contributed by atoms with Crippen LogP contribution in [0.4, 0.5) is 0 Å². The Labute approximate surface area is 369 Å². The Balaban J connectivity index is 1.33. The van der Waals surface area contributed by atoms with E-state index in [4.69, 9.17) is 13.9 Å². The standard InChI is InChI=1S/C56H72O4Si/c1-5-6-7-8-9-10-11-12-13-14-15-16-17-18-34-45-54(57)58-46-51(60-61(55(2,3)4,52-41-30-22-31-42-52)53-43-32-23-33-44-53)47-59-56(48-35-24-19-25-36-48,49-37-26-20-27-38-49)50-39-28-21-29-40-50/h12-13,19-33,35-44,51H,5-11,14-18,34,45-47H2,1-4H3. The highest BCUT2D eigenvalue weighted by Gasteiger charge is 2.52. The van der Waals surface area contributed by atoms with Crippen molar-refractivity contribution in [1.82, 2.24) is 0 Å². The highest BCUT2D eigenvalue weighted by Crippen LogP contribution is 2.42. The molecule has 1 unspecified atom stereocenters. The maximum absolute atomic E-state index is 13.5. The summed E-state index contributed by atoms with van der Waals surface area (Å²) in [5.41, 5.74) is 2.08. The Hall–Kier alpha value is -4.55. The number of rotatable bonds is 27. The largest absolute Gasteiger partial charge is 0.463 e. The lowest BCUT2D eigenvalue weighted by Crippen LogP contribution is -2.68. The second-order valence-electron chi connectivity index (χ2n) is 17.5. The first-order valence-electron chi connectivity index (χ1n) is 23.2. The molecule has 5 aromatic carbocycles. The summed E-state index contributed by atoms with van der Waals surface area (Å²) < 4.78 is 21.3. The second-order valence-corrected chi connectivity index (χ2v) is 21.8. The first kappa shape index (κ1) is 47.5. The normalized spacial score (nSPS) is 12.7. The molecule has 0 saturated heterocycles. The molecular weight excluding hydrogens is 765 g/mol. The van der Waals surface area contributed by atoms with Crippen molar-refractivity contribution in [3.8, 4) is 0 Å². The molecule has 1 atom stereocenters. The van der Waals surface area contributed by atoms with E-state index in [0.29, 0.717) is 6.42 Å². The van der Waals surface area contributed by atoms with E-state index < -0.39 is 20.0 Å². The third-order valence-corrected chi connectivity index (χ3v) is 17.0. The van der Waals surface area contributed by atoms with Crippen LogP contribution in [-0.4, -0.2) is 33.6 Å². The van der Waals surface area contributed by atoms with Crippen LogP contribution >= 0.6 is 0 Å². The lowest BCUT2D eigenvalue weighted by atomic mass is 9.80. The van der Waals surface area contributed by atoms with Gasteiger partial charge >= 0.3 is 5.97 Å². The number of allylic oxidation sites excluding steroid dienone is 2. The molecule has 0 heterocycles. The van der Waals surface area contributed by atoms with Gasteiger partial charge in [0.1, 0.15) is 18.3 Å². The lowest BCUT2D eigenvalue weighted by molar-refractivity contribution is -0.148. The summed E-state index contributed by atoms with van der Waals surface area (Å²) in [4.78, 5) is 13.5. The highest BCUT2D eigenvalue weighted by atomic mass is 28.4. The van der Waals surface area contributed by atoms with Gasteiger partial charge in [-0.25, -0.2) is 0 Å². The van der Waals surface area contributed by atoms with Crippen LogP contribution in [0.3, 0.4) is 0 Å². The van der Waals surface area contributed by atoms with Gasteiger partial charge in [0.05, 0.1) is 6.61 Å². The van der Waals surface area contributed by atoms with Crippen LogP contribution < -0.4 is 10.4 Å². The number of carbonyl (C=O) groups is 1. The average molecular weight is 837 g/mol. The molecule has 5 rings (SSSR count). The molecule has 5 aromatic rings. The Morgan fingerprint density at radius 2 is 0.918 bits per heavy atom. The van der Waals surface area contributed by atoms with Crippen LogP contribution in [0.5, 0.6) is 0 Å². The maximum atomic E-state index is 13.5. The summed E-state index contributed by atoms with van der Waals surface area (Å²) in [7, 11) is -3.06. The smallest absolute Gasteiger partial charge is 0.305 e. The summed E-state index contributed by atoms with van der Waals surface area (Å²) in [6.07, 6.45) is 20.4. The van der Waals surface area contributed by atoms with Crippen molar-refractivity contribution in [2.45, 2.75) is 134 Å². The molecule has 0 saturated carbocycles. The van der Waals surface area contributed by atoms with Crippen LogP contribution in [0.2, 0.25) is 5.04 Å². The molecule has 0 spiro atoms. The highest BCUT2D eigenvalue weighted by molar-refractivity contribution is 6.99. The fourth-order valence-corrected chi connectivity index (χ4v) is 13.3. The summed E-state index contributed by atoms with van der Waals surface area (Å²) in [5, 5.41) is 2.05. The molecule has 324 valence electrons. The monoisotopic (exact) mass is 837 g/mol. The molecule has 4 nitrogen and oxygen atoms in total. The molecular formula is C56H72O4Si. The number of ether oxygens (including phenoxy) is 2. The molecule has 0 aliphatic rings. The van der Waals surface area contributed by atoms with Crippen molar-refractivity contribution in [2.75, 3.05) is 13.2 Å². The Morgan fingerprint density at radius 1 is 0.525 bits per heavy atom. The van der Waals surface area contributed by atoms with E-state index in [9.17, 15) is 4.79 Å². The Morgan fingerprint density at radius 3 is 1.34 bits per heavy atom. The summed E-state index contributed by atoms with van der Waals surface area (Å²) in [5.74, 6) is -0.186. The Bertz CT molecular complexity index is 1810. The molecule has 61 heavy (non-hydrogen) atoms. The van der Waals surface area contributed by atoms with E-state index in [1.807, 2.05) is 18.2 Å². The SMILES string of the molecule is CCCCCCCCC=CCCCCCCCC(=O)OCC(COC(c1ccccc1)(c1ccccc1)c1ccccc1)O[Si](c1ccccc1)(c1ccccc1)C(C)(C)C. The van der Waals surface area contributed by atoms with Gasteiger partial charge in [-0.15, -0.1) is 0 Å². The molecule has 0 aliphatic heterocycles. The van der Waals surface area contributed by atoms with Gasteiger partial charge in [0.25, 0.3) is 8.32 Å². The zero-order chi connectivity index (χ0) is 43.1. The summed E-state index contributed by atoms with van der Waals surface area (Å²) in [6.45, 7) is 9.37. The van der Waals surface area contributed by atoms with Gasteiger partial charge in [0.2, 0.25) is 0 Å². The zero-order valence-electron chi connectivity index (χ0n) is 37.6. The number of unbranched alkanes of at least 4 members (excludes halogenated alkanes) is 11. The molecule has 5 heteroatoms. The van der Waals surface area contributed by atoms with Gasteiger partial charge in [-0.1, -0.05) is 243 Å². The van der Waals surface area contributed by atoms with E-state index in [1.165, 1.54) is 68.2 Å². The van der Waals surface area contributed by atoms with Crippen molar-refractivity contribution < 1.29 is 18.7 Å². The minimum atomic E-state index is -3.06. The third kappa shape index (κ3) is 13.7. The number of hydrogen-bond donors (Lipinski definition) is 0. The molecule has 0 aliphatic carbocycles. The van der Waals surface area contributed by atoms with Gasteiger partial charge in [-0.3, -0.25) is 4.79 Å². The molecule has 0 aromatic heterocycles. The van der Waals surface area contributed by atoms with Gasteiger partial charge < -0.3 is 13.9 Å². The van der Waals surface area contributed by atoms with Crippen molar-refractivity contribution in [1.29, 1.82) is 0 Å². The predicted molar refractivity (Wildman–Crippen MR) is 258 cm³/mol. The van der Waals surface area contributed by atoms with Crippen LogP contribution in [0.15, 0.2) is 164 Å². The maximum Gasteiger partial charge on any atom is 0.305 e. The first-order valence-corrected chi connectivity index (χ1v) is 25.1. The van der Waals surface area contributed by atoms with E-state index in [-0.39, 0.29) is 24.2 Å². The first-order chi connectivity index (χ1) is 29.8. The number of carbonyl (C=O) groups excluding carboxylic acids is 1. The minimum Gasteiger partial charge on any atom is -0.463 e. The van der Waals surface area contributed by atoms with E-state index in [1.54, 1.807) is 0 Å². The van der Waals surface area contributed by atoms with Crippen molar-refractivity contribution in [3.63, 3.8) is 0 Å². The zero-order valence-corrected chi connectivity index (χ0v) is 38.6. The topological polar surface area (TPSA) is 44.8 Å². The molecule has 0 N–H and O–H groups in total. The van der Waals surface area contributed by atoms with Crippen molar-refractivity contribution >= 4 is 24.7 Å². The van der Waals surface area contributed by atoms with Crippen LogP contribution in [0.25, 0.3) is 0 Å². The van der Waals surface area contributed by atoms with Gasteiger partial charge in [0.15, 0.2) is 0 Å². The van der Waals surface area contributed by atoms with Crippen LogP contribution in [0, 0.1) is 0 Å². The number of esters is 1. The molecule has 0 amide bonds. The lowest BCUT2D eigenvalue weighted by Gasteiger charge is -2.45. The van der Waals surface area contributed by atoms with E-state index in [0.717, 1.165) is 42.4 Å². The van der Waals surface area contributed by atoms with E-state index in [2.05, 4.69) is 173 Å². The molecule has 0 fully saturated rings. The number of benzene rings is 5. The summed E-state index contributed by atoms with van der Waals surface area (Å²) >= 11 is 0. The molecule has 0 bridgehead atoms. The van der Waals surface area contributed by atoms with Crippen LogP contribution in [-0.2, 0) is 24.3 Å². The van der Waals surface area contributed by atoms with E-state index >= 15 is 0 Å². The quantitative estimate of drug-likeness (QED) is 0.0174. The fourth-order valence-electron chi connectivity index (χ4n) is 8.64. The van der Waals surface area contributed by atoms with Gasteiger partial charge in [0, 0.05) is 6.42 Å². The predicted octanol–water partition coefficient (Wildman–Crippen LogP) is 13.5. The fraction of sp³-hybridized carbons (Fsp3) is 0.411. The minimum absolute atomic E-state index is 0.0862. The summed E-state index contributed by atoms with van der Waals surface area (Å²) in [6, 6.07) is 52.6. The van der Waals surface area contributed by atoms with Gasteiger partial charge in [-0.05, 0) is 64.2 Å². The molecule has 0 radical (unpaired) electrons. The average Bonchev–Trinajstić information content (AvgIpc) is 3.29. The third-order valence-electron chi connectivity index (χ3n) is 11.9. The second kappa shape index (κ2) is 25.4. The van der Waals surface area contributed by atoms with Crippen LogP contribution in [0.1, 0.15) is 134 Å². The van der Waals surface area contributed by atoms with Gasteiger partial charge in [-0.2, -0.15) is 0 Å². The number of hydrogen-bond acceptors (Lipinski definition) is 4. The van der Waals surface area contributed by atoms with Crippen molar-refractivity contribution in [2.24, 2.45) is 0 Å². The Kier molecular flexibility index (Phi) is 19.8. The van der Waals surface area contributed by atoms with Crippen molar-refractivity contribution in [3.05, 3.63) is 181 Å².